The van der Waals surface area contributed by atoms with E-state index in [-0.39, 0.29) is 23.7 Å². The van der Waals surface area contributed by atoms with Gasteiger partial charge >= 0.3 is 0 Å². The van der Waals surface area contributed by atoms with Crippen molar-refractivity contribution in [3.63, 3.8) is 0 Å². The summed E-state index contributed by atoms with van der Waals surface area (Å²) >= 11 is 0. The molecule has 8 nitrogen and oxygen atoms in total. The van der Waals surface area contributed by atoms with Crippen molar-refractivity contribution >= 4 is 17.5 Å². The van der Waals surface area contributed by atoms with Crippen LogP contribution in [0.1, 0.15) is 22.7 Å². The lowest BCUT2D eigenvalue weighted by Crippen LogP contribution is -2.58. The number of likely N-dealkylation sites (N-methyl/N-ethyl adjacent to an activating group) is 1. The molecule has 2 aliphatic rings. The van der Waals surface area contributed by atoms with E-state index in [0.717, 1.165) is 16.8 Å². The second-order valence-corrected chi connectivity index (χ2v) is 8.00. The molecule has 0 saturated carbocycles. The number of amides is 2. The summed E-state index contributed by atoms with van der Waals surface area (Å²) in [6.07, 6.45) is 0.653. The molecule has 158 valence electrons. The number of quaternary nitrogens is 1. The number of nitrogens with one attached hydrogen (secondary N) is 1. The van der Waals surface area contributed by atoms with E-state index in [1.807, 2.05) is 44.3 Å². The molecule has 2 aromatic carbocycles. The number of nitrogens with zero attached hydrogens (tertiary/aromatic N) is 1. The Balaban J connectivity index is 1.85. The minimum atomic E-state index is -0.703. The standard InChI is InChI=1S/C22H25N3O5/c1-13-6-4-5-7-15(13)24-22(27)19-18-14(8-9-25(19,2)11-17(23)26)10-16-20(21(18)28-3)30-12-29-16/h4-7,10,19H,8-9,11-12H2,1-3H3,(H2-,23,24,26,27)/p+1/t19-,25?/m1/s1. The van der Waals surface area contributed by atoms with Crippen LogP contribution in [-0.4, -0.2) is 50.3 Å². The molecule has 4 rings (SSSR count). The normalized spacial score (nSPS) is 21.6. The van der Waals surface area contributed by atoms with E-state index in [1.165, 1.54) is 0 Å². The fraction of sp³-hybridized carbons (Fsp3) is 0.364. The second kappa shape index (κ2) is 7.53. The van der Waals surface area contributed by atoms with Gasteiger partial charge in [-0.1, -0.05) is 18.2 Å². The van der Waals surface area contributed by atoms with Gasteiger partial charge in [0.1, 0.15) is 0 Å². The Morgan fingerprint density at radius 3 is 2.77 bits per heavy atom. The predicted octanol–water partition coefficient (Wildman–Crippen LogP) is 1.90. The molecule has 8 heteroatoms. The highest BCUT2D eigenvalue weighted by Crippen LogP contribution is 2.51. The van der Waals surface area contributed by atoms with Gasteiger partial charge in [-0.3, -0.25) is 9.59 Å². The van der Waals surface area contributed by atoms with Crippen molar-refractivity contribution in [2.75, 3.05) is 39.4 Å². The lowest BCUT2D eigenvalue weighted by atomic mass is 9.88. The first-order chi connectivity index (χ1) is 14.3. The number of carbonyl (C=O) groups is 2. The van der Waals surface area contributed by atoms with Gasteiger partial charge in [0, 0.05) is 12.1 Å². The molecule has 2 aromatic rings. The highest BCUT2D eigenvalue weighted by molar-refractivity contribution is 5.96. The molecular formula is C22H26N3O5+. The fourth-order valence-corrected chi connectivity index (χ4v) is 4.46. The number of hydrogen-bond donors (Lipinski definition) is 2. The number of hydrogen-bond acceptors (Lipinski definition) is 5. The van der Waals surface area contributed by atoms with E-state index in [1.54, 1.807) is 7.11 Å². The van der Waals surface area contributed by atoms with Gasteiger partial charge in [0.05, 0.1) is 26.3 Å². The largest absolute Gasteiger partial charge is 0.492 e. The summed E-state index contributed by atoms with van der Waals surface area (Å²) in [5.41, 5.74) is 8.89. The molecule has 0 radical (unpaired) electrons. The molecule has 0 spiro atoms. The van der Waals surface area contributed by atoms with Gasteiger partial charge in [0.15, 0.2) is 24.1 Å². The Labute approximate surface area is 175 Å². The zero-order chi connectivity index (χ0) is 21.5. The first-order valence-corrected chi connectivity index (χ1v) is 9.82. The molecular weight excluding hydrogens is 386 g/mol. The summed E-state index contributed by atoms with van der Waals surface area (Å²) in [6.45, 7) is 2.64. The number of para-hydroxylation sites is 1. The highest BCUT2D eigenvalue weighted by atomic mass is 16.7. The van der Waals surface area contributed by atoms with Crippen LogP contribution in [0.2, 0.25) is 0 Å². The molecule has 2 heterocycles. The van der Waals surface area contributed by atoms with Crippen LogP contribution < -0.4 is 25.3 Å². The highest BCUT2D eigenvalue weighted by Gasteiger charge is 2.48. The monoisotopic (exact) mass is 412 g/mol. The Hall–Kier alpha value is -3.26. The summed E-state index contributed by atoms with van der Waals surface area (Å²) in [5, 5.41) is 3.03. The Morgan fingerprint density at radius 2 is 2.07 bits per heavy atom. The summed E-state index contributed by atoms with van der Waals surface area (Å²) in [4.78, 5) is 25.5. The summed E-state index contributed by atoms with van der Waals surface area (Å²) < 4.78 is 17.0. The molecule has 2 atom stereocenters. The molecule has 0 bridgehead atoms. The minimum Gasteiger partial charge on any atom is -0.492 e. The molecule has 2 amide bonds. The van der Waals surface area contributed by atoms with E-state index in [2.05, 4.69) is 5.32 Å². The van der Waals surface area contributed by atoms with Gasteiger partial charge in [-0.15, -0.1) is 0 Å². The number of nitrogens with two attached hydrogens (primary N) is 1. The van der Waals surface area contributed by atoms with Gasteiger partial charge < -0.3 is 29.7 Å². The number of carbonyl (C=O) groups excluding carboxylic acids is 2. The van der Waals surface area contributed by atoms with E-state index in [9.17, 15) is 9.59 Å². The van der Waals surface area contributed by atoms with E-state index >= 15 is 0 Å². The molecule has 0 saturated heterocycles. The number of aryl methyl sites for hydroxylation is 1. The third kappa shape index (κ3) is 3.33. The zero-order valence-corrected chi connectivity index (χ0v) is 17.4. The van der Waals surface area contributed by atoms with Gasteiger partial charge in [0.2, 0.25) is 12.5 Å². The SMILES string of the molecule is COc1c2c(cc3c1[C@H](C(=O)Nc1ccccc1C)[N+](C)(CC(N)=O)CC3)OCO2. The number of anilines is 1. The molecule has 2 aliphatic heterocycles. The third-order valence-corrected chi connectivity index (χ3v) is 5.90. The Kier molecular flexibility index (Phi) is 5.03. The number of methoxy groups -OCH3 is 1. The molecule has 0 aliphatic carbocycles. The number of ether oxygens (including phenoxy) is 3. The molecule has 0 fully saturated rings. The maximum atomic E-state index is 13.6. The van der Waals surface area contributed by atoms with Crippen LogP contribution in [0.4, 0.5) is 5.69 Å². The van der Waals surface area contributed by atoms with Crippen molar-refractivity contribution in [1.29, 1.82) is 0 Å². The summed E-state index contributed by atoms with van der Waals surface area (Å²) in [5.74, 6) is 0.867. The van der Waals surface area contributed by atoms with Crippen LogP contribution >= 0.6 is 0 Å². The van der Waals surface area contributed by atoms with Gasteiger partial charge in [-0.05, 0) is 30.2 Å². The lowest BCUT2D eigenvalue weighted by Gasteiger charge is -2.44. The van der Waals surface area contributed by atoms with Gasteiger partial charge in [-0.2, -0.15) is 0 Å². The van der Waals surface area contributed by atoms with Crippen molar-refractivity contribution in [3.05, 3.63) is 47.0 Å². The first kappa shape index (κ1) is 20.0. The van der Waals surface area contributed by atoms with Crippen molar-refractivity contribution in [1.82, 2.24) is 0 Å². The van der Waals surface area contributed by atoms with Crippen LogP contribution in [0.5, 0.6) is 17.2 Å². The second-order valence-electron chi connectivity index (χ2n) is 8.00. The maximum absolute atomic E-state index is 13.6. The molecule has 1 unspecified atom stereocenters. The zero-order valence-electron chi connectivity index (χ0n) is 17.4. The first-order valence-electron chi connectivity index (χ1n) is 9.82. The van der Waals surface area contributed by atoms with Crippen LogP contribution in [-0.2, 0) is 16.0 Å². The smallest absolute Gasteiger partial charge is 0.287 e. The number of primary amides is 1. The van der Waals surface area contributed by atoms with Crippen LogP contribution in [0.15, 0.2) is 30.3 Å². The van der Waals surface area contributed by atoms with Crippen molar-refractivity contribution < 1.29 is 28.3 Å². The molecule has 3 N–H and O–H groups in total. The van der Waals surface area contributed by atoms with Crippen molar-refractivity contribution in [2.45, 2.75) is 19.4 Å². The molecule has 30 heavy (non-hydrogen) atoms. The van der Waals surface area contributed by atoms with Gasteiger partial charge in [-0.25, -0.2) is 0 Å². The minimum absolute atomic E-state index is 0.0306. The summed E-state index contributed by atoms with van der Waals surface area (Å²) in [6, 6.07) is 8.77. The third-order valence-electron chi connectivity index (χ3n) is 5.90. The number of rotatable bonds is 5. The lowest BCUT2D eigenvalue weighted by molar-refractivity contribution is -0.924. The van der Waals surface area contributed by atoms with Gasteiger partial charge in [0.25, 0.3) is 11.8 Å². The Morgan fingerprint density at radius 1 is 1.30 bits per heavy atom. The van der Waals surface area contributed by atoms with Crippen LogP contribution in [0, 0.1) is 6.92 Å². The predicted molar refractivity (Wildman–Crippen MR) is 110 cm³/mol. The maximum Gasteiger partial charge on any atom is 0.287 e. The van der Waals surface area contributed by atoms with Crippen molar-refractivity contribution in [3.8, 4) is 17.2 Å². The summed E-state index contributed by atoms with van der Waals surface area (Å²) in [7, 11) is 3.42. The van der Waals surface area contributed by atoms with E-state index in [0.29, 0.717) is 35.8 Å². The number of benzene rings is 2. The Bertz CT molecular complexity index is 1020. The number of fused-ring (bicyclic) bond motifs is 2. The van der Waals surface area contributed by atoms with Crippen molar-refractivity contribution in [2.24, 2.45) is 5.73 Å². The van der Waals surface area contributed by atoms with E-state index < -0.39 is 11.9 Å². The average molecular weight is 412 g/mol. The van der Waals surface area contributed by atoms with E-state index in [4.69, 9.17) is 19.9 Å². The quantitative estimate of drug-likeness (QED) is 0.731. The topological polar surface area (TPSA) is 99.9 Å². The molecule has 0 aromatic heterocycles. The average Bonchev–Trinajstić information content (AvgIpc) is 3.15. The van der Waals surface area contributed by atoms with Crippen LogP contribution in [0.25, 0.3) is 0 Å². The fourth-order valence-electron chi connectivity index (χ4n) is 4.46. The van der Waals surface area contributed by atoms with Crippen LogP contribution in [0.3, 0.4) is 0 Å².